The monoisotopic (exact) mass is 328 g/mol. The van der Waals surface area contributed by atoms with E-state index in [-0.39, 0.29) is 25.1 Å². The second-order valence-corrected chi connectivity index (χ2v) is 5.58. The van der Waals surface area contributed by atoms with Crippen LogP contribution in [0, 0.1) is 0 Å². The van der Waals surface area contributed by atoms with Crippen molar-refractivity contribution in [1.29, 1.82) is 0 Å². The molecule has 2 aliphatic heterocycles. The van der Waals surface area contributed by atoms with E-state index in [1.54, 1.807) is 20.3 Å². The summed E-state index contributed by atoms with van der Waals surface area (Å²) in [6.45, 7) is 0.169. The van der Waals surface area contributed by atoms with Gasteiger partial charge in [0.15, 0.2) is 11.5 Å². The van der Waals surface area contributed by atoms with Crippen molar-refractivity contribution in [2.45, 2.75) is 12.3 Å². The van der Waals surface area contributed by atoms with Gasteiger partial charge in [-0.3, -0.25) is 4.79 Å². The molecule has 0 spiro atoms. The molecule has 2 aromatic rings. The first-order valence-corrected chi connectivity index (χ1v) is 7.55. The summed E-state index contributed by atoms with van der Waals surface area (Å²) in [6, 6.07) is 9.15. The van der Waals surface area contributed by atoms with Crippen LogP contribution < -0.4 is 23.7 Å². The highest BCUT2D eigenvalue weighted by atomic mass is 16.7. The van der Waals surface area contributed by atoms with Gasteiger partial charge in [0.25, 0.3) is 0 Å². The highest BCUT2D eigenvalue weighted by molar-refractivity contribution is 5.79. The first-order valence-electron chi connectivity index (χ1n) is 7.55. The number of rotatable bonds is 3. The van der Waals surface area contributed by atoms with Gasteiger partial charge in [0.1, 0.15) is 17.2 Å². The van der Waals surface area contributed by atoms with Gasteiger partial charge >= 0.3 is 5.97 Å². The molecule has 6 nitrogen and oxygen atoms in total. The van der Waals surface area contributed by atoms with Gasteiger partial charge in [0, 0.05) is 29.2 Å². The summed E-state index contributed by atoms with van der Waals surface area (Å²) in [7, 11) is 3.20. The smallest absolute Gasteiger partial charge is 0.312 e. The van der Waals surface area contributed by atoms with Crippen LogP contribution >= 0.6 is 0 Å². The standard InChI is InChI=1S/C18H16O6/c1-20-10-3-4-11(14(5-10)21-2)12-7-18(19)24-15-8-17-16(6-13(12)15)22-9-23-17/h3-6,8,12H,7,9H2,1-2H3. The second kappa shape index (κ2) is 5.63. The maximum atomic E-state index is 12.1. The van der Waals surface area contributed by atoms with Gasteiger partial charge in [0.05, 0.1) is 20.6 Å². The molecule has 1 atom stereocenters. The number of esters is 1. The Balaban J connectivity index is 1.84. The zero-order valence-electron chi connectivity index (χ0n) is 13.3. The molecule has 0 N–H and O–H groups in total. The number of hydrogen-bond acceptors (Lipinski definition) is 6. The van der Waals surface area contributed by atoms with E-state index in [1.807, 2.05) is 24.3 Å². The van der Waals surface area contributed by atoms with E-state index in [9.17, 15) is 4.79 Å². The molecule has 0 amide bonds. The Bertz CT molecular complexity index is 813. The van der Waals surface area contributed by atoms with Gasteiger partial charge in [0.2, 0.25) is 6.79 Å². The largest absolute Gasteiger partial charge is 0.497 e. The van der Waals surface area contributed by atoms with Gasteiger partial charge in [-0.15, -0.1) is 0 Å². The lowest BCUT2D eigenvalue weighted by Crippen LogP contribution is -2.21. The molecule has 24 heavy (non-hydrogen) atoms. The lowest BCUT2D eigenvalue weighted by molar-refractivity contribution is -0.135. The molecule has 0 aliphatic carbocycles. The van der Waals surface area contributed by atoms with Crippen LogP contribution in [0.2, 0.25) is 0 Å². The third-order valence-corrected chi connectivity index (χ3v) is 4.29. The summed E-state index contributed by atoms with van der Waals surface area (Å²) in [5, 5.41) is 0. The minimum Gasteiger partial charge on any atom is -0.497 e. The Morgan fingerprint density at radius 2 is 1.75 bits per heavy atom. The fraction of sp³-hybridized carbons (Fsp3) is 0.278. The van der Waals surface area contributed by atoms with Crippen molar-refractivity contribution in [3.63, 3.8) is 0 Å². The molecular weight excluding hydrogens is 312 g/mol. The topological polar surface area (TPSA) is 63.2 Å². The van der Waals surface area contributed by atoms with Gasteiger partial charge in [-0.2, -0.15) is 0 Å². The molecule has 0 saturated carbocycles. The van der Waals surface area contributed by atoms with Crippen LogP contribution in [-0.4, -0.2) is 27.0 Å². The molecule has 1 unspecified atom stereocenters. The highest BCUT2D eigenvalue weighted by Gasteiger charge is 2.33. The Kier molecular flexibility index (Phi) is 3.45. The van der Waals surface area contributed by atoms with Crippen LogP contribution in [0.5, 0.6) is 28.7 Å². The normalized spacial score (nSPS) is 17.9. The van der Waals surface area contributed by atoms with Crippen LogP contribution in [-0.2, 0) is 4.79 Å². The lowest BCUT2D eigenvalue weighted by atomic mass is 9.85. The number of ether oxygens (including phenoxy) is 5. The van der Waals surface area contributed by atoms with Crippen molar-refractivity contribution < 1.29 is 28.5 Å². The predicted octanol–water partition coefficient (Wildman–Crippen LogP) is 2.87. The van der Waals surface area contributed by atoms with Crippen molar-refractivity contribution in [2.24, 2.45) is 0 Å². The van der Waals surface area contributed by atoms with Crippen LogP contribution in [0.4, 0.5) is 0 Å². The molecule has 4 rings (SSSR count). The van der Waals surface area contributed by atoms with Crippen molar-refractivity contribution in [1.82, 2.24) is 0 Å². The van der Waals surface area contributed by atoms with Crippen molar-refractivity contribution in [3.8, 4) is 28.7 Å². The summed E-state index contributed by atoms with van der Waals surface area (Å²) in [5.74, 6) is 2.63. The first kappa shape index (κ1) is 14.7. The molecule has 0 saturated heterocycles. The van der Waals surface area contributed by atoms with E-state index in [0.29, 0.717) is 28.7 Å². The molecule has 0 aromatic heterocycles. The maximum Gasteiger partial charge on any atom is 0.312 e. The van der Waals surface area contributed by atoms with Crippen molar-refractivity contribution >= 4 is 5.97 Å². The molecule has 0 fully saturated rings. The summed E-state index contributed by atoms with van der Waals surface area (Å²) in [6.07, 6.45) is 0.231. The Labute approximate surface area is 138 Å². The average Bonchev–Trinajstić information content (AvgIpc) is 3.06. The number of carbonyl (C=O) groups is 1. The summed E-state index contributed by atoms with van der Waals surface area (Å²) < 4.78 is 26.9. The average molecular weight is 328 g/mol. The molecule has 124 valence electrons. The zero-order chi connectivity index (χ0) is 16.7. The third-order valence-electron chi connectivity index (χ3n) is 4.29. The molecule has 0 radical (unpaired) electrons. The van der Waals surface area contributed by atoms with Gasteiger partial charge in [-0.25, -0.2) is 0 Å². The van der Waals surface area contributed by atoms with Crippen molar-refractivity contribution in [2.75, 3.05) is 21.0 Å². The fourth-order valence-corrected chi connectivity index (χ4v) is 3.12. The van der Waals surface area contributed by atoms with Crippen LogP contribution in [0.15, 0.2) is 30.3 Å². The predicted molar refractivity (Wildman–Crippen MR) is 84.2 cm³/mol. The molecular formula is C18H16O6. The van der Waals surface area contributed by atoms with Crippen LogP contribution in [0.1, 0.15) is 23.5 Å². The number of benzene rings is 2. The number of fused-ring (bicyclic) bond motifs is 2. The Morgan fingerprint density at radius 3 is 2.50 bits per heavy atom. The summed E-state index contributed by atoms with van der Waals surface area (Å²) in [4.78, 5) is 12.1. The number of methoxy groups -OCH3 is 2. The van der Waals surface area contributed by atoms with Crippen LogP contribution in [0.25, 0.3) is 0 Å². The SMILES string of the molecule is COc1ccc(C2CC(=O)Oc3cc4c(cc32)OCO4)c(OC)c1. The van der Waals surface area contributed by atoms with Crippen LogP contribution in [0.3, 0.4) is 0 Å². The quantitative estimate of drug-likeness (QED) is 0.638. The van der Waals surface area contributed by atoms with E-state index in [4.69, 9.17) is 23.7 Å². The second-order valence-electron chi connectivity index (χ2n) is 5.58. The van der Waals surface area contributed by atoms with E-state index in [0.717, 1.165) is 11.1 Å². The fourth-order valence-electron chi connectivity index (χ4n) is 3.12. The first-order chi connectivity index (χ1) is 11.7. The van der Waals surface area contributed by atoms with Gasteiger partial charge in [-0.05, 0) is 12.1 Å². The minimum atomic E-state index is -0.288. The van der Waals surface area contributed by atoms with Gasteiger partial charge in [-0.1, -0.05) is 6.07 Å². The van der Waals surface area contributed by atoms with Gasteiger partial charge < -0.3 is 23.7 Å². The van der Waals surface area contributed by atoms with E-state index in [1.165, 1.54) is 0 Å². The number of hydrogen-bond donors (Lipinski definition) is 0. The molecule has 2 aromatic carbocycles. The Morgan fingerprint density at radius 1 is 0.958 bits per heavy atom. The third kappa shape index (κ3) is 2.31. The number of carbonyl (C=O) groups excluding carboxylic acids is 1. The van der Waals surface area contributed by atoms with E-state index < -0.39 is 0 Å². The highest BCUT2D eigenvalue weighted by Crippen LogP contribution is 2.47. The lowest BCUT2D eigenvalue weighted by Gasteiger charge is -2.26. The molecule has 2 heterocycles. The molecule has 2 aliphatic rings. The molecule has 0 bridgehead atoms. The Hall–Kier alpha value is -2.89. The zero-order valence-corrected chi connectivity index (χ0v) is 13.3. The maximum absolute atomic E-state index is 12.1. The summed E-state index contributed by atoms with van der Waals surface area (Å²) in [5.41, 5.74) is 1.78. The minimum absolute atomic E-state index is 0.169. The summed E-state index contributed by atoms with van der Waals surface area (Å²) >= 11 is 0. The van der Waals surface area contributed by atoms with E-state index in [2.05, 4.69) is 0 Å². The van der Waals surface area contributed by atoms with Crippen molar-refractivity contribution in [3.05, 3.63) is 41.5 Å². The molecule has 6 heteroatoms. The van der Waals surface area contributed by atoms with E-state index >= 15 is 0 Å².